The Labute approximate surface area is 264 Å². The number of amides is 2. The molecule has 4 aromatic carbocycles. The number of methoxy groups -OCH3 is 1. The summed E-state index contributed by atoms with van der Waals surface area (Å²) in [7, 11) is -2.81. The quantitative estimate of drug-likeness (QED) is 0.220. The molecule has 1 unspecified atom stereocenters. The maximum atomic E-state index is 15.0. The second kappa shape index (κ2) is 14.4. The number of hydrogen-bond donors (Lipinski definition) is 1. The zero-order chi connectivity index (χ0) is 32.6. The Morgan fingerprint density at radius 1 is 0.867 bits per heavy atom. The zero-order valence-corrected chi connectivity index (χ0v) is 26.6. The molecule has 0 aliphatic carbocycles. The molecule has 236 valence electrons. The first-order valence-electron chi connectivity index (χ1n) is 14.5. The van der Waals surface area contributed by atoms with E-state index in [-0.39, 0.29) is 29.1 Å². The minimum atomic E-state index is -4.27. The van der Waals surface area contributed by atoms with Gasteiger partial charge in [-0.05, 0) is 56.7 Å². The van der Waals surface area contributed by atoms with Gasteiger partial charge < -0.3 is 15.0 Å². The molecule has 45 heavy (non-hydrogen) atoms. The molecule has 0 heterocycles. The molecule has 10 heteroatoms. The average Bonchev–Trinajstić information content (AvgIpc) is 3.02. The first-order chi connectivity index (χ1) is 21.4. The minimum Gasteiger partial charge on any atom is -0.497 e. The largest absolute Gasteiger partial charge is 0.497 e. The van der Waals surface area contributed by atoms with Crippen molar-refractivity contribution >= 4 is 27.5 Å². The molecule has 0 spiro atoms. The van der Waals surface area contributed by atoms with Crippen molar-refractivity contribution in [1.29, 1.82) is 0 Å². The van der Waals surface area contributed by atoms with Gasteiger partial charge in [0.15, 0.2) is 0 Å². The van der Waals surface area contributed by atoms with Crippen LogP contribution in [-0.2, 0) is 32.6 Å². The molecular weight excluding hydrogens is 593 g/mol. The molecule has 0 fully saturated rings. The number of anilines is 1. The standard InChI is InChI=1S/C35H38FN3O5S/c1-35(2,3)37-34(41)32(22-26-14-7-5-8-15-26)38(24-27-16-11-12-21-31(27)36)33(40)25-39(28-17-13-18-29(23-28)44-4)45(42,43)30-19-9-6-10-20-30/h5-21,23,32H,22,24-25H2,1-4H3,(H,37,41). The highest BCUT2D eigenvalue weighted by atomic mass is 32.2. The molecule has 0 saturated heterocycles. The normalized spacial score (nSPS) is 12.2. The third-order valence-corrected chi connectivity index (χ3v) is 8.81. The van der Waals surface area contributed by atoms with Crippen molar-refractivity contribution in [2.24, 2.45) is 0 Å². The van der Waals surface area contributed by atoms with Crippen molar-refractivity contribution in [3.63, 3.8) is 0 Å². The first-order valence-corrected chi connectivity index (χ1v) is 15.9. The number of rotatable bonds is 12. The van der Waals surface area contributed by atoms with E-state index >= 15 is 4.39 Å². The van der Waals surface area contributed by atoms with Gasteiger partial charge in [-0.15, -0.1) is 0 Å². The number of carbonyl (C=O) groups excluding carboxylic acids is 2. The number of ether oxygens (including phenoxy) is 1. The van der Waals surface area contributed by atoms with Gasteiger partial charge in [-0.2, -0.15) is 0 Å². The first kappa shape index (κ1) is 33.2. The van der Waals surface area contributed by atoms with E-state index in [2.05, 4.69) is 5.32 Å². The van der Waals surface area contributed by atoms with Crippen LogP contribution < -0.4 is 14.4 Å². The number of sulfonamides is 1. The predicted molar refractivity (Wildman–Crippen MR) is 173 cm³/mol. The van der Waals surface area contributed by atoms with Crippen LogP contribution in [0.25, 0.3) is 0 Å². The fourth-order valence-electron chi connectivity index (χ4n) is 4.83. The van der Waals surface area contributed by atoms with Crippen molar-refractivity contribution in [3.05, 3.63) is 126 Å². The molecule has 8 nitrogen and oxygen atoms in total. The lowest BCUT2D eigenvalue weighted by Gasteiger charge is -2.35. The fraction of sp³-hybridized carbons (Fsp3) is 0.257. The lowest BCUT2D eigenvalue weighted by Crippen LogP contribution is -2.56. The molecule has 1 N–H and O–H groups in total. The van der Waals surface area contributed by atoms with Crippen molar-refractivity contribution in [1.82, 2.24) is 10.2 Å². The lowest BCUT2D eigenvalue weighted by molar-refractivity contribution is -0.140. The van der Waals surface area contributed by atoms with Crippen molar-refractivity contribution in [3.8, 4) is 5.75 Å². The maximum Gasteiger partial charge on any atom is 0.264 e. The van der Waals surface area contributed by atoms with Crippen LogP contribution in [0.4, 0.5) is 10.1 Å². The van der Waals surface area contributed by atoms with Gasteiger partial charge in [0.1, 0.15) is 24.2 Å². The van der Waals surface area contributed by atoms with Crippen molar-refractivity contribution < 1.29 is 27.1 Å². The topological polar surface area (TPSA) is 96.0 Å². The number of halogens is 1. The molecular formula is C35H38FN3O5S. The van der Waals surface area contributed by atoms with Gasteiger partial charge in [-0.1, -0.05) is 72.8 Å². The predicted octanol–water partition coefficient (Wildman–Crippen LogP) is 5.58. The zero-order valence-electron chi connectivity index (χ0n) is 25.8. The molecule has 0 aromatic heterocycles. The Morgan fingerprint density at radius 2 is 1.49 bits per heavy atom. The van der Waals surface area contributed by atoms with Crippen LogP contribution in [0.2, 0.25) is 0 Å². The number of benzene rings is 4. The summed E-state index contributed by atoms with van der Waals surface area (Å²) in [5, 5.41) is 2.96. The highest BCUT2D eigenvalue weighted by Gasteiger charge is 2.36. The molecule has 0 aliphatic heterocycles. The molecule has 0 radical (unpaired) electrons. The van der Waals surface area contributed by atoms with E-state index in [1.165, 1.54) is 48.4 Å². The summed E-state index contributed by atoms with van der Waals surface area (Å²) in [6.45, 7) is 4.55. The fourth-order valence-corrected chi connectivity index (χ4v) is 6.26. The van der Waals surface area contributed by atoms with Gasteiger partial charge in [0.25, 0.3) is 10.0 Å². The van der Waals surface area contributed by atoms with Gasteiger partial charge >= 0.3 is 0 Å². The summed E-state index contributed by atoms with van der Waals surface area (Å²) < 4.78 is 49.5. The Hall–Kier alpha value is -4.70. The molecule has 0 bridgehead atoms. The highest BCUT2D eigenvalue weighted by Crippen LogP contribution is 2.28. The molecule has 1 atom stereocenters. The third-order valence-electron chi connectivity index (χ3n) is 7.02. The van der Waals surface area contributed by atoms with E-state index < -0.39 is 45.8 Å². The van der Waals surface area contributed by atoms with E-state index in [0.717, 1.165) is 9.87 Å². The van der Waals surface area contributed by atoms with E-state index in [9.17, 15) is 18.0 Å². The maximum absolute atomic E-state index is 15.0. The number of hydrogen-bond acceptors (Lipinski definition) is 5. The average molecular weight is 632 g/mol. The van der Waals surface area contributed by atoms with Crippen LogP contribution in [0.15, 0.2) is 114 Å². The number of nitrogens with one attached hydrogen (secondary N) is 1. The van der Waals surface area contributed by atoms with Crippen LogP contribution in [0, 0.1) is 5.82 Å². The van der Waals surface area contributed by atoms with Gasteiger partial charge in [0.2, 0.25) is 11.8 Å². The Balaban J connectivity index is 1.83. The Bertz CT molecular complexity index is 1710. The van der Waals surface area contributed by atoms with Crippen molar-refractivity contribution in [2.45, 2.75) is 50.2 Å². The van der Waals surface area contributed by atoms with Crippen molar-refractivity contribution in [2.75, 3.05) is 18.0 Å². The summed E-state index contributed by atoms with van der Waals surface area (Å²) >= 11 is 0. The summed E-state index contributed by atoms with van der Waals surface area (Å²) in [6.07, 6.45) is 0.119. The molecule has 4 aromatic rings. The second-order valence-corrected chi connectivity index (χ2v) is 13.4. The SMILES string of the molecule is COc1cccc(N(CC(=O)N(Cc2ccccc2F)C(Cc2ccccc2)C(=O)NC(C)(C)C)S(=O)(=O)c2ccccc2)c1. The van der Waals surface area contributed by atoms with E-state index in [1.54, 1.807) is 42.5 Å². The van der Waals surface area contributed by atoms with Crippen LogP contribution in [0.1, 0.15) is 31.9 Å². The summed E-state index contributed by atoms with van der Waals surface area (Å²) in [4.78, 5) is 29.6. The molecule has 4 rings (SSSR count). The number of nitrogens with zero attached hydrogens (tertiary/aromatic N) is 2. The third kappa shape index (κ3) is 8.69. The Morgan fingerprint density at radius 3 is 2.11 bits per heavy atom. The van der Waals surface area contributed by atoms with Gasteiger partial charge in [0, 0.05) is 30.1 Å². The number of carbonyl (C=O) groups is 2. The van der Waals surface area contributed by atoms with E-state index in [1.807, 2.05) is 51.1 Å². The van der Waals surface area contributed by atoms with Crippen LogP contribution >= 0.6 is 0 Å². The molecule has 2 amide bonds. The van der Waals surface area contributed by atoms with Crippen LogP contribution in [0.5, 0.6) is 5.75 Å². The highest BCUT2D eigenvalue weighted by molar-refractivity contribution is 7.92. The van der Waals surface area contributed by atoms with Gasteiger partial charge in [0.05, 0.1) is 17.7 Å². The summed E-state index contributed by atoms with van der Waals surface area (Å²) in [5.41, 5.74) is 0.518. The van der Waals surface area contributed by atoms with Crippen LogP contribution in [-0.4, -0.2) is 50.4 Å². The summed E-state index contributed by atoms with van der Waals surface area (Å²) in [6, 6.07) is 28.2. The lowest BCUT2D eigenvalue weighted by atomic mass is 10.0. The minimum absolute atomic E-state index is 0.0208. The monoisotopic (exact) mass is 631 g/mol. The smallest absolute Gasteiger partial charge is 0.264 e. The Kier molecular flexibility index (Phi) is 10.6. The van der Waals surface area contributed by atoms with Gasteiger partial charge in [-0.3, -0.25) is 13.9 Å². The molecule has 0 aliphatic rings. The second-order valence-electron chi connectivity index (χ2n) is 11.6. The molecule has 0 saturated carbocycles. The van der Waals surface area contributed by atoms with E-state index in [0.29, 0.717) is 5.75 Å². The van der Waals surface area contributed by atoms with Crippen LogP contribution in [0.3, 0.4) is 0 Å². The summed E-state index contributed by atoms with van der Waals surface area (Å²) in [5.74, 6) is -1.30. The van der Waals surface area contributed by atoms with E-state index in [4.69, 9.17) is 4.74 Å². The van der Waals surface area contributed by atoms with Gasteiger partial charge in [-0.25, -0.2) is 12.8 Å².